The van der Waals surface area contributed by atoms with E-state index in [1.807, 2.05) is 0 Å². The second-order valence-corrected chi connectivity index (χ2v) is 9.85. The van der Waals surface area contributed by atoms with E-state index in [2.05, 4.69) is 48.6 Å². The maximum Gasteiger partial charge on any atom is -0.0351 e. The maximum atomic E-state index is 2.44. The fourth-order valence-corrected chi connectivity index (χ4v) is 4.45. The number of rotatable bonds is 0. The van der Waals surface area contributed by atoms with Crippen molar-refractivity contribution >= 4 is 0 Å². The minimum Gasteiger partial charge on any atom is -0.0885 e. The van der Waals surface area contributed by atoms with Crippen LogP contribution in [-0.2, 0) is 0 Å². The standard InChI is InChI=1S/C32H56/c1-2-4-6-8-10-12-14-16-18-20-22-24-26-28-30-32-31-29-27-25-23-21-19-17-15-13-11-9-7-5-3-1/h1-2,13,15-16,18,31-32H,3-12,14,17,19-30H2/b2-1-,15-13+,18-16+,32-31+. The Balaban J connectivity index is 2.13. The number of allylic oxidation sites excluding steroid dienone is 8. The van der Waals surface area contributed by atoms with Gasteiger partial charge in [0.05, 0.1) is 0 Å². The molecule has 1 aliphatic carbocycles. The van der Waals surface area contributed by atoms with Gasteiger partial charge in [-0.05, 0) is 103 Å². The zero-order chi connectivity index (χ0) is 22.6. The molecular weight excluding hydrogens is 384 g/mol. The first kappa shape index (κ1) is 29.0. The molecule has 0 aliphatic heterocycles. The van der Waals surface area contributed by atoms with Crippen molar-refractivity contribution in [1.29, 1.82) is 0 Å². The van der Waals surface area contributed by atoms with E-state index >= 15 is 0 Å². The molecule has 0 amide bonds. The van der Waals surface area contributed by atoms with E-state index in [-0.39, 0.29) is 0 Å². The largest absolute Gasteiger partial charge is 0.0885 e. The Morgan fingerprint density at radius 2 is 0.281 bits per heavy atom. The first-order valence-electron chi connectivity index (χ1n) is 14.6. The summed E-state index contributed by atoms with van der Waals surface area (Å²) in [6.07, 6.45) is 52.0. The lowest BCUT2D eigenvalue weighted by atomic mass is 10.1. The van der Waals surface area contributed by atoms with Gasteiger partial charge in [0.1, 0.15) is 0 Å². The molecule has 0 N–H and O–H groups in total. The summed E-state index contributed by atoms with van der Waals surface area (Å²) in [5, 5.41) is 0. The summed E-state index contributed by atoms with van der Waals surface area (Å²) >= 11 is 0. The van der Waals surface area contributed by atoms with Crippen LogP contribution in [0.15, 0.2) is 48.6 Å². The fourth-order valence-electron chi connectivity index (χ4n) is 4.45. The number of hydrogen-bond donors (Lipinski definition) is 0. The molecule has 1 aliphatic rings. The van der Waals surface area contributed by atoms with Crippen LogP contribution in [0.2, 0.25) is 0 Å². The lowest BCUT2D eigenvalue weighted by Crippen LogP contribution is -1.80. The van der Waals surface area contributed by atoms with Crippen LogP contribution in [0, 0.1) is 0 Å². The van der Waals surface area contributed by atoms with Crippen LogP contribution in [0.5, 0.6) is 0 Å². The lowest BCUT2D eigenvalue weighted by Gasteiger charge is -2.00. The van der Waals surface area contributed by atoms with Gasteiger partial charge < -0.3 is 0 Å². The van der Waals surface area contributed by atoms with Gasteiger partial charge in [-0.15, -0.1) is 0 Å². The number of hydrogen-bond acceptors (Lipinski definition) is 0. The molecule has 0 saturated heterocycles. The predicted molar refractivity (Wildman–Crippen MR) is 147 cm³/mol. The summed E-state index contributed by atoms with van der Waals surface area (Å²) in [6.45, 7) is 0. The van der Waals surface area contributed by atoms with Gasteiger partial charge >= 0.3 is 0 Å². The molecule has 0 aromatic carbocycles. The third-order valence-corrected chi connectivity index (χ3v) is 6.63. The molecule has 0 aromatic rings. The average Bonchev–Trinajstić information content (AvgIpc) is 2.80. The summed E-state index contributed by atoms with van der Waals surface area (Å²) in [5.41, 5.74) is 0. The zero-order valence-corrected chi connectivity index (χ0v) is 21.6. The third-order valence-electron chi connectivity index (χ3n) is 6.63. The monoisotopic (exact) mass is 440 g/mol. The van der Waals surface area contributed by atoms with Crippen molar-refractivity contribution in [2.45, 2.75) is 154 Å². The molecule has 184 valence electrons. The van der Waals surface area contributed by atoms with E-state index < -0.39 is 0 Å². The van der Waals surface area contributed by atoms with Gasteiger partial charge in [-0.3, -0.25) is 0 Å². The van der Waals surface area contributed by atoms with Crippen LogP contribution in [0.3, 0.4) is 0 Å². The first-order valence-corrected chi connectivity index (χ1v) is 14.6. The normalized spacial score (nSPS) is 26.0. The minimum absolute atomic E-state index is 1.28. The van der Waals surface area contributed by atoms with Crippen molar-refractivity contribution in [2.75, 3.05) is 0 Å². The van der Waals surface area contributed by atoms with E-state index in [9.17, 15) is 0 Å². The van der Waals surface area contributed by atoms with Gasteiger partial charge in [-0.2, -0.15) is 0 Å². The summed E-state index contributed by atoms with van der Waals surface area (Å²) < 4.78 is 0. The van der Waals surface area contributed by atoms with Crippen LogP contribution in [-0.4, -0.2) is 0 Å². The van der Waals surface area contributed by atoms with Crippen LogP contribution >= 0.6 is 0 Å². The molecule has 0 atom stereocenters. The average molecular weight is 441 g/mol. The smallest absolute Gasteiger partial charge is 0.0351 e. The Bertz CT molecular complexity index is 464. The Labute approximate surface area is 202 Å². The van der Waals surface area contributed by atoms with Crippen LogP contribution in [0.4, 0.5) is 0 Å². The molecule has 0 nitrogen and oxygen atoms in total. The third kappa shape index (κ3) is 23.6. The van der Waals surface area contributed by atoms with E-state index in [0.29, 0.717) is 0 Å². The van der Waals surface area contributed by atoms with Crippen molar-refractivity contribution < 1.29 is 0 Å². The van der Waals surface area contributed by atoms with E-state index in [1.165, 1.54) is 154 Å². The van der Waals surface area contributed by atoms with Gasteiger partial charge in [-0.1, -0.05) is 100.0 Å². The van der Waals surface area contributed by atoms with E-state index in [0.717, 1.165) is 0 Å². The van der Waals surface area contributed by atoms with Gasteiger partial charge in [0.2, 0.25) is 0 Å². The van der Waals surface area contributed by atoms with E-state index in [1.54, 1.807) is 0 Å². The second kappa shape index (κ2) is 26.2. The molecule has 0 bridgehead atoms. The first-order chi connectivity index (χ1) is 16.0. The highest BCUT2D eigenvalue weighted by Crippen LogP contribution is 2.12. The molecule has 32 heavy (non-hydrogen) atoms. The van der Waals surface area contributed by atoms with Crippen molar-refractivity contribution in [1.82, 2.24) is 0 Å². The zero-order valence-electron chi connectivity index (χ0n) is 21.6. The van der Waals surface area contributed by atoms with Crippen LogP contribution < -0.4 is 0 Å². The fraction of sp³-hybridized carbons (Fsp3) is 0.750. The summed E-state index contributed by atoms with van der Waals surface area (Å²) in [6, 6.07) is 0. The van der Waals surface area contributed by atoms with Crippen molar-refractivity contribution in [3.8, 4) is 0 Å². The van der Waals surface area contributed by atoms with Gasteiger partial charge in [0, 0.05) is 0 Å². The van der Waals surface area contributed by atoms with Crippen LogP contribution in [0.1, 0.15) is 154 Å². The molecule has 0 spiro atoms. The highest BCUT2D eigenvalue weighted by atomic mass is 14.0. The molecule has 1 rings (SSSR count). The molecule has 0 saturated carbocycles. The molecule has 0 heteroatoms. The highest BCUT2D eigenvalue weighted by Gasteiger charge is 1.92. The van der Waals surface area contributed by atoms with Crippen LogP contribution in [0.25, 0.3) is 0 Å². The maximum absolute atomic E-state index is 2.44. The molecule has 0 unspecified atom stereocenters. The Morgan fingerprint density at radius 3 is 0.469 bits per heavy atom. The van der Waals surface area contributed by atoms with Gasteiger partial charge in [0.25, 0.3) is 0 Å². The SMILES string of the molecule is C1=C\CCCCCC/C=C/CCCCCC/C=C/CCCCCCC/C=C/CCCCC/1. The van der Waals surface area contributed by atoms with E-state index in [4.69, 9.17) is 0 Å². The Morgan fingerprint density at radius 1 is 0.156 bits per heavy atom. The molecular formula is C32H56. The molecule has 0 heterocycles. The van der Waals surface area contributed by atoms with Crippen molar-refractivity contribution in [3.63, 3.8) is 0 Å². The predicted octanol–water partition coefficient (Wildman–Crippen LogP) is 11.6. The molecule has 0 aromatic heterocycles. The molecule has 0 fully saturated rings. The topological polar surface area (TPSA) is 0 Å². The minimum atomic E-state index is 1.28. The van der Waals surface area contributed by atoms with Crippen molar-refractivity contribution in [2.24, 2.45) is 0 Å². The molecule has 0 radical (unpaired) electrons. The van der Waals surface area contributed by atoms with Gasteiger partial charge in [-0.25, -0.2) is 0 Å². The van der Waals surface area contributed by atoms with Crippen molar-refractivity contribution in [3.05, 3.63) is 48.6 Å². The van der Waals surface area contributed by atoms with Gasteiger partial charge in [0.15, 0.2) is 0 Å². The summed E-state index contributed by atoms with van der Waals surface area (Å²) in [7, 11) is 0. The Kier molecular flexibility index (Phi) is 23.8. The summed E-state index contributed by atoms with van der Waals surface area (Å²) in [5.74, 6) is 0. The summed E-state index contributed by atoms with van der Waals surface area (Å²) in [4.78, 5) is 0. The quantitative estimate of drug-likeness (QED) is 0.328. The Hall–Kier alpha value is -1.04. The second-order valence-electron chi connectivity index (χ2n) is 9.85. The lowest BCUT2D eigenvalue weighted by molar-refractivity contribution is 0.620. The highest BCUT2D eigenvalue weighted by molar-refractivity contribution is 4.84.